The highest BCUT2D eigenvalue weighted by atomic mass is 14.5. The monoisotopic (exact) mass is 202 g/mol. The van der Waals surface area contributed by atoms with Gasteiger partial charge in [-0.3, -0.25) is 0 Å². The highest BCUT2D eigenvalue weighted by Gasteiger charge is 2.45. The van der Waals surface area contributed by atoms with Crippen molar-refractivity contribution in [3.63, 3.8) is 0 Å². The van der Waals surface area contributed by atoms with Crippen molar-refractivity contribution < 1.29 is 0 Å². The number of benzene rings is 1. The first kappa shape index (κ1) is 10.7. The number of hydrogen-bond donors (Lipinski definition) is 0. The normalized spacial score (nSPS) is 28.5. The molecule has 1 fully saturated rings. The summed E-state index contributed by atoms with van der Waals surface area (Å²) in [4.78, 5) is 0. The molecule has 0 amide bonds. The van der Waals surface area contributed by atoms with Crippen LogP contribution in [-0.4, -0.2) is 0 Å². The molecule has 2 atom stereocenters. The standard InChI is InChI=1S/C15H22/c1-5-12-6-8-13(9-7-12)14-10-11(2)15(14,3)4/h6-9,11,14H,5,10H2,1-4H3. The van der Waals surface area contributed by atoms with Gasteiger partial charge in [0.15, 0.2) is 0 Å². The average Bonchev–Trinajstić information content (AvgIpc) is 2.26. The van der Waals surface area contributed by atoms with Crippen LogP contribution in [0.15, 0.2) is 24.3 Å². The van der Waals surface area contributed by atoms with Crippen LogP contribution in [0.25, 0.3) is 0 Å². The molecule has 1 aliphatic carbocycles. The molecule has 0 bridgehead atoms. The minimum atomic E-state index is 0.494. The van der Waals surface area contributed by atoms with Gasteiger partial charge in [-0.2, -0.15) is 0 Å². The van der Waals surface area contributed by atoms with Crippen LogP contribution < -0.4 is 0 Å². The zero-order valence-corrected chi connectivity index (χ0v) is 10.4. The summed E-state index contributed by atoms with van der Waals surface area (Å²) in [5.41, 5.74) is 3.48. The lowest BCUT2D eigenvalue weighted by Crippen LogP contribution is -2.41. The Morgan fingerprint density at radius 2 is 1.80 bits per heavy atom. The molecule has 1 aromatic rings. The van der Waals surface area contributed by atoms with Gasteiger partial charge < -0.3 is 0 Å². The molecule has 2 unspecified atom stereocenters. The van der Waals surface area contributed by atoms with Crippen LogP contribution in [0.3, 0.4) is 0 Å². The van der Waals surface area contributed by atoms with Crippen LogP contribution in [0, 0.1) is 11.3 Å². The first-order valence-electron chi connectivity index (χ1n) is 6.14. The maximum absolute atomic E-state index is 2.40. The SMILES string of the molecule is CCc1ccc(C2CC(C)C2(C)C)cc1. The molecule has 82 valence electrons. The molecule has 0 nitrogen and oxygen atoms in total. The van der Waals surface area contributed by atoms with Crippen molar-refractivity contribution in [2.24, 2.45) is 11.3 Å². The van der Waals surface area contributed by atoms with Gasteiger partial charge >= 0.3 is 0 Å². The molecule has 0 aromatic heterocycles. The maximum atomic E-state index is 2.40. The van der Waals surface area contributed by atoms with Crippen molar-refractivity contribution in [1.29, 1.82) is 0 Å². The van der Waals surface area contributed by atoms with E-state index in [4.69, 9.17) is 0 Å². The third-order valence-electron chi connectivity index (χ3n) is 4.55. The molecule has 0 N–H and O–H groups in total. The Kier molecular flexibility index (Phi) is 2.62. The van der Waals surface area contributed by atoms with E-state index in [0.717, 1.165) is 18.3 Å². The third kappa shape index (κ3) is 1.71. The van der Waals surface area contributed by atoms with Gasteiger partial charge in [-0.1, -0.05) is 52.0 Å². The quantitative estimate of drug-likeness (QED) is 0.667. The minimum Gasteiger partial charge on any atom is -0.0620 e. The van der Waals surface area contributed by atoms with Crippen molar-refractivity contribution in [2.45, 2.75) is 46.5 Å². The molecule has 0 radical (unpaired) electrons. The van der Waals surface area contributed by atoms with Gasteiger partial charge in [0.05, 0.1) is 0 Å². The Labute approximate surface area is 93.7 Å². The van der Waals surface area contributed by atoms with E-state index >= 15 is 0 Å². The van der Waals surface area contributed by atoms with Crippen LogP contribution in [0.1, 0.15) is 51.2 Å². The lowest BCUT2D eigenvalue weighted by molar-refractivity contribution is 0.0480. The molecular weight excluding hydrogens is 180 g/mol. The van der Waals surface area contributed by atoms with Crippen molar-refractivity contribution in [2.75, 3.05) is 0 Å². The summed E-state index contributed by atoms with van der Waals surface area (Å²) in [7, 11) is 0. The van der Waals surface area contributed by atoms with E-state index in [1.165, 1.54) is 17.5 Å². The second-order valence-electron chi connectivity index (χ2n) is 5.61. The van der Waals surface area contributed by atoms with Gasteiger partial charge in [0.25, 0.3) is 0 Å². The van der Waals surface area contributed by atoms with E-state index in [2.05, 4.69) is 52.0 Å². The highest BCUT2D eigenvalue weighted by Crippen LogP contribution is 2.56. The molecule has 15 heavy (non-hydrogen) atoms. The second-order valence-corrected chi connectivity index (χ2v) is 5.61. The smallest absolute Gasteiger partial charge is 0.0105 e. The molecule has 0 saturated heterocycles. The summed E-state index contributed by atoms with van der Waals surface area (Å²) in [5.74, 6) is 1.65. The van der Waals surface area contributed by atoms with Gasteiger partial charge in [0.1, 0.15) is 0 Å². The molecule has 1 aromatic carbocycles. The number of rotatable bonds is 2. The molecule has 1 saturated carbocycles. The average molecular weight is 202 g/mol. The molecule has 1 aliphatic rings. The van der Waals surface area contributed by atoms with Gasteiger partial charge in [0, 0.05) is 0 Å². The summed E-state index contributed by atoms with van der Waals surface area (Å²) in [6, 6.07) is 9.23. The van der Waals surface area contributed by atoms with E-state index in [-0.39, 0.29) is 0 Å². The van der Waals surface area contributed by atoms with E-state index in [9.17, 15) is 0 Å². The Hall–Kier alpha value is -0.780. The number of aryl methyl sites for hydroxylation is 1. The predicted molar refractivity (Wildman–Crippen MR) is 66.1 cm³/mol. The zero-order valence-electron chi connectivity index (χ0n) is 10.4. The van der Waals surface area contributed by atoms with Gasteiger partial charge in [-0.25, -0.2) is 0 Å². The third-order valence-corrected chi connectivity index (χ3v) is 4.55. The first-order chi connectivity index (χ1) is 7.05. The summed E-state index contributed by atoms with van der Waals surface area (Å²) < 4.78 is 0. The van der Waals surface area contributed by atoms with Gasteiger partial charge in [-0.05, 0) is 41.2 Å². The molecule has 0 aliphatic heterocycles. The lowest BCUT2D eigenvalue weighted by atomic mass is 9.53. The molecule has 0 heteroatoms. The van der Waals surface area contributed by atoms with Crippen molar-refractivity contribution in [1.82, 2.24) is 0 Å². The summed E-state index contributed by atoms with van der Waals surface area (Å²) in [5, 5.41) is 0. The van der Waals surface area contributed by atoms with E-state index in [0.29, 0.717) is 5.41 Å². The van der Waals surface area contributed by atoms with Crippen LogP contribution in [0.4, 0.5) is 0 Å². The van der Waals surface area contributed by atoms with Crippen molar-refractivity contribution in [3.05, 3.63) is 35.4 Å². The Morgan fingerprint density at radius 1 is 1.20 bits per heavy atom. The summed E-state index contributed by atoms with van der Waals surface area (Å²) >= 11 is 0. The first-order valence-corrected chi connectivity index (χ1v) is 6.14. The Bertz CT molecular complexity index is 332. The fraction of sp³-hybridized carbons (Fsp3) is 0.600. The van der Waals surface area contributed by atoms with Crippen molar-refractivity contribution >= 4 is 0 Å². The van der Waals surface area contributed by atoms with Crippen LogP contribution in [0.2, 0.25) is 0 Å². The zero-order chi connectivity index (χ0) is 11.1. The van der Waals surface area contributed by atoms with E-state index < -0.39 is 0 Å². The van der Waals surface area contributed by atoms with E-state index in [1.807, 2.05) is 0 Å². The second kappa shape index (κ2) is 3.66. The van der Waals surface area contributed by atoms with E-state index in [1.54, 1.807) is 0 Å². The molecule has 2 rings (SSSR count). The van der Waals surface area contributed by atoms with Gasteiger partial charge in [0.2, 0.25) is 0 Å². The molecular formula is C15H22. The fourth-order valence-electron chi connectivity index (χ4n) is 2.70. The summed E-state index contributed by atoms with van der Waals surface area (Å²) in [6.45, 7) is 9.39. The minimum absolute atomic E-state index is 0.494. The lowest BCUT2D eigenvalue weighted by Gasteiger charge is -2.51. The Balaban J connectivity index is 2.18. The predicted octanol–water partition coefficient (Wildman–Crippen LogP) is 4.40. The largest absolute Gasteiger partial charge is 0.0620 e. The van der Waals surface area contributed by atoms with Crippen molar-refractivity contribution in [3.8, 4) is 0 Å². The topological polar surface area (TPSA) is 0 Å². The molecule has 0 spiro atoms. The Morgan fingerprint density at radius 3 is 2.20 bits per heavy atom. The number of hydrogen-bond acceptors (Lipinski definition) is 0. The molecule has 0 heterocycles. The van der Waals surface area contributed by atoms with Crippen LogP contribution in [0.5, 0.6) is 0 Å². The van der Waals surface area contributed by atoms with Gasteiger partial charge in [-0.15, -0.1) is 0 Å². The fourth-order valence-corrected chi connectivity index (χ4v) is 2.70. The highest BCUT2D eigenvalue weighted by molar-refractivity contribution is 5.29. The summed E-state index contributed by atoms with van der Waals surface area (Å²) in [6.07, 6.45) is 2.50. The van der Waals surface area contributed by atoms with Crippen LogP contribution >= 0.6 is 0 Å². The van der Waals surface area contributed by atoms with Crippen LogP contribution in [-0.2, 0) is 6.42 Å². The maximum Gasteiger partial charge on any atom is -0.0105 e.